The number of aliphatic imine (C=N–C) groups is 2. The van der Waals surface area contributed by atoms with Crippen LogP contribution in [0.3, 0.4) is 0 Å². The predicted octanol–water partition coefficient (Wildman–Crippen LogP) is 19.8. The average molecular weight is 1010 g/mol. The summed E-state index contributed by atoms with van der Waals surface area (Å²) in [6.45, 7) is 39.2. The Bertz CT molecular complexity index is 3050. The molecule has 0 saturated carbocycles. The van der Waals surface area contributed by atoms with Crippen LogP contribution < -0.4 is 0 Å². The summed E-state index contributed by atoms with van der Waals surface area (Å²) in [7, 11) is 0. The number of aryl methyl sites for hydroxylation is 4. The molecule has 1 heterocycles. The monoisotopic (exact) mass is 1000 g/mol. The summed E-state index contributed by atoms with van der Waals surface area (Å²) in [5, 5.41) is 0. The Balaban J connectivity index is 0.000000729. The van der Waals surface area contributed by atoms with Crippen molar-refractivity contribution in [2.75, 3.05) is 0 Å². The lowest BCUT2D eigenvalue weighted by Gasteiger charge is -2.26. The number of rotatable bonds is 20. The van der Waals surface area contributed by atoms with Crippen molar-refractivity contribution < 1.29 is 0 Å². The van der Waals surface area contributed by atoms with Gasteiger partial charge >= 0.3 is 0 Å². The van der Waals surface area contributed by atoms with Crippen LogP contribution in [0.4, 0.5) is 0 Å². The van der Waals surface area contributed by atoms with E-state index in [4.69, 9.17) is 4.98 Å². The number of hydrogen-bond acceptors (Lipinski definition) is 3. The van der Waals surface area contributed by atoms with Crippen molar-refractivity contribution in [3.63, 3.8) is 0 Å². The third-order valence-corrected chi connectivity index (χ3v) is 13.7. The van der Waals surface area contributed by atoms with Gasteiger partial charge in [-0.05, 0) is 173 Å². The normalized spacial score (nSPS) is 11.9. The van der Waals surface area contributed by atoms with Crippen LogP contribution in [-0.4, -0.2) is 22.0 Å². The molecule has 7 rings (SSSR count). The molecule has 4 nitrogen and oxygen atoms in total. The van der Waals surface area contributed by atoms with Crippen LogP contribution in [0.5, 0.6) is 0 Å². The fourth-order valence-electron chi connectivity index (χ4n) is 9.66. The smallest absolute Gasteiger partial charge is 0.144 e. The van der Waals surface area contributed by atoms with E-state index in [0.29, 0.717) is 23.7 Å². The van der Waals surface area contributed by atoms with Crippen LogP contribution in [0.1, 0.15) is 161 Å². The molecule has 4 heteroatoms. The predicted molar refractivity (Wildman–Crippen MR) is 333 cm³/mol. The van der Waals surface area contributed by atoms with Gasteiger partial charge in [-0.3, -0.25) is 14.6 Å². The van der Waals surface area contributed by atoms with Crippen LogP contribution in [0, 0.1) is 0 Å². The maximum Gasteiger partial charge on any atom is 0.144 e. The zero-order valence-corrected chi connectivity index (χ0v) is 47.7. The van der Waals surface area contributed by atoms with Crippen molar-refractivity contribution >= 4 is 18.0 Å². The maximum absolute atomic E-state index is 4.92. The molecular weight excluding hydrogens is 921 g/mol. The Morgan fingerprint density at radius 2 is 1.12 bits per heavy atom. The van der Waals surface area contributed by atoms with Crippen molar-refractivity contribution in [1.82, 2.24) is 9.55 Å². The van der Waals surface area contributed by atoms with E-state index in [0.717, 1.165) is 53.9 Å². The number of nitrogens with zero attached hydrogens (tertiary/aromatic N) is 4. The highest BCUT2D eigenvalue weighted by Gasteiger charge is 2.24. The fourth-order valence-corrected chi connectivity index (χ4v) is 9.66. The highest BCUT2D eigenvalue weighted by Crippen LogP contribution is 2.41. The molecule has 6 aromatic carbocycles. The Labute approximate surface area is 458 Å². The van der Waals surface area contributed by atoms with E-state index in [2.05, 4.69) is 248 Å². The second-order valence-corrected chi connectivity index (χ2v) is 20.7. The molecule has 0 N–H and O–H groups in total. The third kappa shape index (κ3) is 16.4. The van der Waals surface area contributed by atoms with E-state index in [1.54, 1.807) is 6.20 Å². The van der Waals surface area contributed by atoms with Crippen molar-refractivity contribution in [1.29, 1.82) is 0 Å². The molecule has 0 fully saturated rings. The van der Waals surface area contributed by atoms with Gasteiger partial charge in [-0.15, -0.1) is 5.73 Å². The van der Waals surface area contributed by atoms with E-state index >= 15 is 0 Å². The molecule has 1 unspecified atom stereocenters. The van der Waals surface area contributed by atoms with Crippen molar-refractivity contribution in [2.45, 2.75) is 131 Å². The second kappa shape index (κ2) is 30.0. The molecule has 1 atom stereocenters. The number of hydrogen-bond donors (Lipinski definition) is 0. The summed E-state index contributed by atoms with van der Waals surface area (Å²) in [6.07, 6.45) is 19.2. The van der Waals surface area contributed by atoms with Crippen molar-refractivity contribution in [3.8, 4) is 28.2 Å². The van der Waals surface area contributed by atoms with Crippen LogP contribution in [0.15, 0.2) is 218 Å². The number of allylic oxidation sites excluding steroid dienone is 5. The average Bonchev–Trinajstić information content (AvgIpc) is 3.93. The molecule has 1 aromatic heterocycles. The minimum Gasteiger partial charge on any atom is -0.299 e. The van der Waals surface area contributed by atoms with Gasteiger partial charge in [0.1, 0.15) is 5.82 Å². The molecule has 0 radical (unpaired) electrons. The molecule has 392 valence electrons. The van der Waals surface area contributed by atoms with Gasteiger partial charge in [0.25, 0.3) is 0 Å². The van der Waals surface area contributed by atoms with E-state index < -0.39 is 0 Å². The Morgan fingerprint density at radius 3 is 1.61 bits per heavy atom. The molecule has 0 amide bonds. The van der Waals surface area contributed by atoms with Gasteiger partial charge in [0.2, 0.25) is 0 Å². The first-order valence-corrected chi connectivity index (χ1v) is 27.2. The third-order valence-electron chi connectivity index (χ3n) is 13.7. The van der Waals surface area contributed by atoms with Gasteiger partial charge in [0, 0.05) is 42.0 Å². The standard InChI is InChI=1S/C61H66N2.C8H13N.C3H5N/c1-11-17-56(59-54(41(2)3)22-16-23-55(59)42(4)5)45(10)50-32-28-46(29-33-50)24-26-48-18-15-19-49(38-48)27-25-47-30-34-52(35-31-47)61-62-36-37-63(61)60-57(43(6)7)39-53(40-58(60)44(8)9)51-20-13-12-14-21-51;1-4-6-8(3)9-7-5-2;1-3-4-2/h12-23,28-44,56H,1,10,24-27H2,2-9H3;4-7H,1-3H3;3H,1-2H2/b;6-4+,7-5-,9-8+;. The fraction of sp³-hybridized carbons (Fsp3) is 0.278. The summed E-state index contributed by atoms with van der Waals surface area (Å²) >= 11 is 0. The SMILES string of the molecule is C=C=CC(C(=C)c1ccc(CCc2cccc(CCc3ccc(-c4nccn4-c4c(C(C)C)cc(-c5ccccc5)cc4C(C)C)cc3)c2)cc1)c1c(C(C)C)cccc1C(C)C.C=CN=C.C\C=C/N=C(C)/C=C/C. The first kappa shape index (κ1) is 59.2. The van der Waals surface area contributed by atoms with Crippen LogP contribution in [0.25, 0.3) is 33.8 Å². The molecule has 7 aromatic rings. The van der Waals surface area contributed by atoms with Gasteiger partial charge < -0.3 is 0 Å². The minimum absolute atomic E-state index is 0.0276. The van der Waals surface area contributed by atoms with Crippen LogP contribution >= 0.6 is 0 Å². The van der Waals surface area contributed by atoms with Crippen LogP contribution in [-0.2, 0) is 25.7 Å². The van der Waals surface area contributed by atoms with Gasteiger partial charge in [-0.25, -0.2) is 4.98 Å². The van der Waals surface area contributed by atoms with Gasteiger partial charge in [0.05, 0.1) is 5.69 Å². The molecule has 76 heavy (non-hydrogen) atoms. The summed E-state index contributed by atoms with van der Waals surface area (Å²) in [6, 6.07) is 49.5. The van der Waals surface area contributed by atoms with Crippen LogP contribution in [0.2, 0.25) is 0 Å². The molecule has 0 aliphatic rings. The highest BCUT2D eigenvalue weighted by molar-refractivity contribution is 5.93. The summed E-state index contributed by atoms with van der Waals surface area (Å²) < 4.78 is 2.32. The van der Waals surface area contributed by atoms with E-state index in [9.17, 15) is 0 Å². The second-order valence-electron chi connectivity index (χ2n) is 20.7. The lowest BCUT2D eigenvalue weighted by atomic mass is 9.77. The maximum atomic E-state index is 4.92. The summed E-state index contributed by atoms with van der Waals surface area (Å²) in [4.78, 5) is 12.3. The minimum atomic E-state index is 0.0276. The first-order valence-electron chi connectivity index (χ1n) is 27.2. The molecule has 0 saturated heterocycles. The molecule has 0 spiro atoms. The largest absolute Gasteiger partial charge is 0.299 e. The van der Waals surface area contributed by atoms with Gasteiger partial charge in [-0.2, -0.15) is 0 Å². The summed E-state index contributed by atoms with van der Waals surface area (Å²) in [5.41, 5.74) is 23.5. The zero-order chi connectivity index (χ0) is 55.1. The number of imidazole rings is 1. The topological polar surface area (TPSA) is 42.5 Å². The Hall–Kier alpha value is -7.65. The van der Waals surface area contributed by atoms with E-state index in [1.165, 1.54) is 73.1 Å². The molecule has 0 bridgehead atoms. The van der Waals surface area contributed by atoms with Crippen molar-refractivity contribution in [3.05, 3.63) is 264 Å². The first-order chi connectivity index (χ1) is 36.6. The van der Waals surface area contributed by atoms with Crippen molar-refractivity contribution in [2.24, 2.45) is 9.98 Å². The summed E-state index contributed by atoms with van der Waals surface area (Å²) in [5.74, 6) is 2.54. The molecule has 0 aliphatic heterocycles. The quantitative estimate of drug-likeness (QED) is 0.0554. The highest BCUT2D eigenvalue weighted by atomic mass is 15.1. The molecular formula is C72H84N4. The molecule has 0 aliphatic carbocycles. The lowest BCUT2D eigenvalue weighted by Crippen LogP contribution is -2.09. The van der Waals surface area contributed by atoms with E-state index in [-0.39, 0.29) is 5.92 Å². The zero-order valence-electron chi connectivity index (χ0n) is 47.7. The lowest BCUT2D eigenvalue weighted by molar-refractivity contribution is 0.797. The van der Waals surface area contributed by atoms with E-state index in [1.807, 2.05) is 45.2 Å². The van der Waals surface area contributed by atoms with Gasteiger partial charge in [-0.1, -0.05) is 209 Å². The number of aromatic nitrogens is 2. The Kier molecular flexibility index (Phi) is 23.4. The Morgan fingerprint density at radius 1 is 0.605 bits per heavy atom. The van der Waals surface area contributed by atoms with Gasteiger partial charge in [0.15, 0.2) is 0 Å². The number of benzene rings is 6.